The van der Waals surface area contributed by atoms with Gasteiger partial charge in [-0.05, 0) is 51.5 Å². The first-order chi connectivity index (χ1) is 10.5. The van der Waals surface area contributed by atoms with Crippen LogP contribution in [0.4, 0.5) is 8.78 Å². The topological polar surface area (TPSA) is 75.7 Å². The standard InChI is InChI=1S/C16H20F2O5/c1-5-15(3,4)23-12-8-6-11(7-9-12)13(19)22-10(2)16(17,18)14(20)21/h6-10H,5H2,1-4H3,(H,20,21)/p-1. The molecule has 0 aliphatic carbocycles. The molecular formula is C16H19F2O5-. The molecule has 0 heterocycles. The quantitative estimate of drug-likeness (QED) is 0.717. The number of hydrogen-bond acceptors (Lipinski definition) is 5. The molecule has 0 saturated carbocycles. The smallest absolute Gasteiger partial charge is 0.338 e. The van der Waals surface area contributed by atoms with Crippen LogP contribution in [0.3, 0.4) is 0 Å². The van der Waals surface area contributed by atoms with Crippen LogP contribution in [0.15, 0.2) is 24.3 Å². The van der Waals surface area contributed by atoms with Crippen LogP contribution in [0.25, 0.3) is 0 Å². The van der Waals surface area contributed by atoms with Crippen molar-refractivity contribution in [1.29, 1.82) is 0 Å². The molecule has 0 fully saturated rings. The Labute approximate surface area is 133 Å². The molecule has 128 valence electrons. The van der Waals surface area contributed by atoms with Gasteiger partial charge in [0.1, 0.15) is 17.3 Å². The van der Waals surface area contributed by atoms with E-state index in [1.54, 1.807) is 0 Å². The molecule has 1 aromatic rings. The number of carbonyl (C=O) groups is 2. The van der Waals surface area contributed by atoms with E-state index in [1.165, 1.54) is 24.3 Å². The number of carboxylic acids is 1. The minimum Gasteiger partial charge on any atom is -0.544 e. The predicted molar refractivity (Wildman–Crippen MR) is 76.3 cm³/mol. The summed E-state index contributed by atoms with van der Waals surface area (Å²) in [6.45, 7) is 6.55. The highest BCUT2D eigenvalue weighted by atomic mass is 19.3. The Balaban J connectivity index is 2.77. The largest absolute Gasteiger partial charge is 0.544 e. The van der Waals surface area contributed by atoms with Gasteiger partial charge in [-0.2, -0.15) is 8.78 Å². The van der Waals surface area contributed by atoms with Crippen molar-refractivity contribution >= 4 is 11.9 Å². The Kier molecular flexibility index (Phi) is 5.69. The fourth-order valence-corrected chi connectivity index (χ4v) is 1.52. The Hall–Kier alpha value is -2.18. The lowest BCUT2D eigenvalue weighted by Gasteiger charge is -2.25. The van der Waals surface area contributed by atoms with Gasteiger partial charge in [0.25, 0.3) is 0 Å². The van der Waals surface area contributed by atoms with Gasteiger partial charge in [-0.3, -0.25) is 0 Å². The van der Waals surface area contributed by atoms with E-state index >= 15 is 0 Å². The molecule has 1 rings (SSSR count). The Morgan fingerprint density at radius 1 is 1.22 bits per heavy atom. The maximum absolute atomic E-state index is 13.1. The number of hydrogen-bond donors (Lipinski definition) is 0. The molecule has 7 heteroatoms. The first-order valence-corrected chi connectivity index (χ1v) is 7.09. The number of ether oxygens (including phenoxy) is 2. The third kappa shape index (κ3) is 4.91. The third-order valence-corrected chi connectivity index (χ3v) is 3.40. The Bertz CT molecular complexity index is 566. The van der Waals surface area contributed by atoms with Crippen molar-refractivity contribution in [3.63, 3.8) is 0 Å². The van der Waals surface area contributed by atoms with Crippen LogP contribution in [-0.4, -0.2) is 29.6 Å². The summed E-state index contributed by atoms with van der Waals surface area (Å²) in [5.74, 6) is -7.39. The zero-order chi connectivity index (χ0) is 17.8. The number of rotatable bonds is 7. The average molecular weight is 329 g/mol. The van der Waals surface area contributed by atoms with Crippen LogP contribution in [0, 0.1) is 0 Å². The van der Waals surface area contributed by atoms with E-state index in [0.29, 0.717) is 5.75 Å². The summed E-state index contributed by atoms with van der Waals surface area (Å²) in [7, 11) is 0. The van der Waals surface area contributed by atoms with Crippen molar-refractivity contribution in [1.82, 2.24) is 0 Å². The first-order valence-electron chi connectivity index (χ1n) is 7.09. The number of halogens is 2. The second-order valence-corrected chi connectivity index (χ2v) is 5.70. The maximum Gasteiger partial charge on any atom is 0.338 e. The van der Waals surface area contributed by atoms with E-state index in [4.69, 9.17) is 4.74 Å². The van der Waals surface area contributed by atoms with Crippen molar-refractivity contribution in [3.8, 4) is 5.75 Å². The Morgan fingerprint density at radius 3 is 2.17 bits per heavy atom. The zero-order valence-electron chi connectivity index (χ0n) is 13.4. The van der Waals surface area contributed by atoms with Crippen LogP contribution in [0.2, 0.25) is 0 Å². The van der Waals surface area contributed by atoms with E-state index in [0.717, 1.165) is 13.3 Å². The summed E-state index contributed by atoms with van der Waals surface area (Å²) >= 11 is 0. The van der Waals surface area contributed by atoms with E-state index in [-0.39, 0.29) is 11.2 Å². The van der Waals surface area contributed by atoms with E-state index in [1.807, 2.05) is 20.8 Å². The number of benzene rings is 1. The monoisotopic (exact) mass is 329 g/mol. The van der Waals surface area contributed by atoms with E-state index < -0.39 is 24.0 Å². The number of esters is 1. The number of alkyl halides is 2. The average Bonchev–Trinajstić information content (AvgIpc) is 2.47. The van der Waals surface area contributed by atoms with Crippen molar-refractivity contribution < 1.29 is 33.0 Å². The van der Waals surface area contributed by atoms with Gasteiger partial charge in [0.15, 0.2) is 6.10 Å². The summed E-state index contributed by atoms with van der Waals surface area (Å²) in [4.78, 5) is 22.1. The van der Waals surface area contributed by atoms with Gasteiger partial charge in [0, 0.05) is 0 Å². The van der Waals surface area contributed by atoms with Gasteiger partial charge in [0.05, 0.1) is 5.56 Å². The predicted octanol–water partition coefficient (Wildman–Crippen LogP) is 2.18. The van der Waals surface area contributed by atoms with Crippen LogP contribution >= 0.6 is 0 Å². The highest BCUT2D eigenvalue weighted by Crippen LogP contribution is 2.24. The van der Waals surface area contributed by atoms with Crippen molar-refractivity contribution in [3.05, 3.63) is 29.8 Å². The number of carboxylic acid groups (broad SMARTS) is 1. The fourth-order valence-electron chi connectivity index (χ4n) is 1.52. The molecule has 0 aromatic heterocycles. The maximum atomic E-state index is 13.1. The molecule has 0 saturated heterocycles. The summed E-state index contributed by atoms with van der Waals surface area (Å²) in [5, 5.41) is 10.3. The molecule has 0 amide bonds. The summed E-state index contributed by atoms with van der Waals surface area (Å²) < 4.78 is 36.5. The van der Waals surface area contributed by atoms with Crippen LogP contribution in [0.1, 0.15) is 44.5 Å². The summed E-state index contributed by atoms with van der Waals surface area (Å²) in [6.07, 6.45) is -1.37. The van der Waals surface area contributed by atoms with Crippen LogP contribution in [0.5, 0.6) is 5.75 Å². The molecular weight excluding hydrogens is 310 g/mol. The molecule has 1 aromatic carbocycles. The molecule has 0 bridgehead atoms. The van der Waals surface area contributed by atoms with Crippen LogP contribution < -0.4 is 9.84 Å². The van der Waals surface area contributed by atoms with E-state index in [2.05, 4.69) is 4.74 Å². The van der Waals surface area contributed by atoms with Gasteiger partial charge in [-0.15, -0.1) is 0 Å². The number of carbonyl (C=O) groups excluding carboxylic acids is 2. The SMILES string of the molecule is CCC(C)(C)Oc1ccc(C(=O)OC(C)C(F)(F)C(=O)[O-])cc1. The molecule has 1 unspecified atom stereocenters. The second-order valence-electron chi connectivity index (χ2n) is 5.70. The molecule has 5 nitrogen and oxygen atoms in total. The minimum atomic E-state index is -4.26. The zero-order valence-corrected chi connectivity index (χ0v) is 13.4. The third-order valence-electron chi connectivity index (χ3n) is 3.40. The molecule has 0 aliphatic rings. The molecule has 0 N–H and O–H groups in total. The Morgan fingerprint density at radius 2 is 1.74 bits per heavy atom. The van der Waals surface area contributed by atoms with Crippen molar-refractivity contribution in [2.75, 3.05) is 0 Å². The molecule has 0 radical (unpaired) electrons. The van der Waals surface area contributed by atoms with Crippen molar-refractivity contribution in [2.24, 2.45) is 0 Å². The van der Waals surface area contributed by atoms with Gasteiger partial charge in [0.2, 0.25) is 0 Å². The van der Waals surface area contributed by atoms with E-state index in [9.17, 15) is 23.5 Å². The minimum absolute atomic E-state index is 0.00709. The highest BCUT2D eigenvalue weighted by molar-refractivity contribution is 5.90. The lowest BCUT2D eigenvalue weighted by molar-refractivity contribution is -0.335. The molecule has 0 aliphatic heterocycles. The van der Waals surface area contributed by atoms with Gasteiger partial charge in [-0.25, -0.2) is 4.79 Å². The second kappa shape index (κ2) is 6.93. The van der Waals surface area contributed by atoms with Crippen LogP contribution in [-0.2, 0) is 9.53 Å². The lowest BCUT2D eigenvalue weighted by Crippen LogP contribution is -2.50. The van der Waals surface area contributed by atoms with Crippen molar-refractivity contribution in [2.45, 2.75) is 51.7 Å². The number of aliphatic carboxylic acids is 1. The van der Waals surface area contributed by atoms with Gasteiger partial charge in [-0.1, -0.05) is 6.92 Å². The normalized spacial score (nSPS) is 13.3. The van der Waals surface area contributed by atoms with Gasteiger partial charge >= 0.3 is 11.9 Å². The molecule has 1 atom stereocenters. The highest BCUT2D eigenvalue weighted by Gasteiger charge is 2.41. The lowest BCUT2D eigenvalue weighted by atomic mass is 10.1. The molecule has 0 spiro atoms. The fraction of sp³-hybridized carbons (Fsp3) is 0.500. The summed E-state index contributed by atoms with van der Waals surface area (Å²) in [5.41, 5.74) is -0.375. The van der Waals surface area contributed by atoms with Gasteiger partial charge < -0.3 is 19.4 Å². The first kappa shape index (κ1) is 18.9. The molecule has 23 heavy (non-hydrogen) atoms. The summed E-state index contributed by atoms with van der Waals surface area (Å²) in [6, 6.07) is 5.73.